The third-order valence-corrected chi connectivity index (χ3v) is 5.90. The maximum Gasteiger partial charge on any atom is 0.275 e. The summed E-state index contributed by atoms with van der Waals surface area (Å²) in [4.78, 5) is 16.6. The molecule has 0 fully saturated rings. The summed E-state index contributed by atoms with van der Waals surface area (Å²) in [7, 11) is -0.753. The van der Waals surface area contributed by atoms with Crippen LogP contribution in [-0.4, -0.2) is 33.5 Å². The Labute approximate surface area is 166 Å². The quantitative estimate of drug-likeness (QED) is 0.609. The SMILES string of the molecule is COc1ccc(NC(=O)c2csc(NS(=O)(=O)c3ccccc3)n2)cc1OC. The van der Waals surface area contributed by atoms with Crippen LogP contribution in [0.25, 0.3) is 0 Å². The van der Waals surface area contributed by atoms with Crippen LogP contribution in [0, 0.1) is 0 Å². The van der Waals surface area contributed by atoms with Crippen molar-refractivity contribution in [2.75, 3.05) is 24.3 Å². The van der Waals surface area contributed by atoms with E-state index in [2.05, 4.69) is 15.0 Å². The number of hydrogen-bond donors (Lipinski definition) is 2. The number of carbonyl (C=O) groups excluding carboxylic acids is 1. The molecule has 2 aromatic carbocycles. The summed E-state index contributed by atoms with van der Waals surface area (Å²) in [5.74, 6) is 0.523. The zero-order chi connectivity index (χ0) is 20.1. The molecule has 0 unspecified atom stereocenters. The normalized spacial score (nSPS) is 10.9. The molecule has 0 saturated carbocycles. The van der Waals surface area contributed by atoms with E-state index < -0.39 is 15.9 Å². The summed E-state index contributed by atoms with van der Waals surface area (Å²) in [6.07, 6.45) is 0. The maximum atomic E-state index is 12.4. The highest BCUT2D eigenvalue weighted by Crippen LogP contribution is 2.30. The van der Waals surface area contributed by atoms with Gasteiger partial charge in [0.15, 0.2) is 16.6 Å². The van der Waals surface area contributed by atoms with Crippen molar-refractivity contribution in [3.05, 3.63) is 59.6 Å². The molecular formula is C18H17N3O5S2. The number of amides is 1. The number of carbonyl (C=O) groups is 1. The first kappa shape index (κ1) is 19.6. The van der Waals surface area contributed by atoms with Gasteiger partial charge in [0.05, 0.1) is 19.1 Å². The predicted molar refractivity (Wildman–Crippen MR) is 107 cm³/mol. The summed E-state index contributed by atoms with van der Waals surface area (Å²) < 4.78 is 37.4. The molecule has 1 aromatic heterocycles. The monoisotopic (exact) mass is 419 g/mol. The van der Waals surface area contributed by atoms with Gasteiger partial charge in [0.1, 0.15) is 5.69 Å². The molecule has 0 aliphatic heterocycles. The Bertz CT molecular complexity index is 1080. The minimum absolute atomic E-state index is 0.0885. The summed E-state index contributed by atoms with van der Waals surface area (Å²) in [6, 6.07) is 12.8. The first-order valence-corrected chi connectivity index (χ1v) is 10.4. The van der Waals surface area contributed by atoms with E-state index in [1.54, 1.807) is 36.4 Å². The molecule has 28 heavy (non-hydrogen) atoms. The molecule has 0 aliphatic carbocycles. The third-order valence-electron chi connectivity index (χ3n) is 3.65. The van der Waals surface area contributed by atoms with Gasteiger partial charge >= 0.3 is 0 Å². The van der Waals surface area contributed by atoms with Crippen molar-refractivity contribution in [1.82, 2.24) is 4.98 Å². The van der Waals surface area contributed by atoms with Gasteiger partial charge in [0, 0.05) is 17.1 Å². The number of nitrogens with zero attached hydrogens (tertiary/aromatic N) is 1. The van der Waals surface area contributed by atoms with Crippen molar-refractivity contribution in [3.63, 3.8) is 0 Å². The number of hydrogen-bond acceptors (Lipinski definition) is 7. The Balaban J connectivity index is 1.72. The van der Waals surface area contributed by atoms with Gasteiger partial charge in [0.2, 0.25) is 0 Å². The molecule has 0 saturated heterocycles. The van der Waals surface area contributed by atoms with Gasteiger partial charge < -0.3 is 14.8 Å². The van der Waals surface area contributed by atoms with Gasteiger partial charge in [-0.15, -0.1) is 11.3 Å². The zero-order valence-electron chi connectivity index (χ0n) is 15.0. The summed E-state index contributed by atoms with van der Waals surface area (Å²) in [5.41, 5.74) is 0.576. The average Bonchev–Trinajstić information content (AvgIpc) is 3.16. The largest absolute Gasteiger partial charge is 0.493 e. The van der Waals surface area contributed by atoms with Crippen LogP contribution in [0.1, 0.15) is 10.5 Å². The van der Waals surface area contributed by atoms with E-state index in [1.807, 2.05) is 0 Å². The Morgan fingerprint density at radius 2 is 1.75 bits per heavy atom. The maximum absolute atomic E-state index is 12.4. The van der Waals surface area contributed by atoms with Crippen LogP contribution in [0.3, 0.4) is 0 Å². The van der Waals surface area contributed by atoms with Gasteiger partial charge in [-0.2, -0.15) is 0 Å². The van der Waals surface area contributed by atoms with Gasteiger partial charge in [-0.05, 0) is 24.3 Å². The number of sulfonamides is 1. The average molecular weight is 419 g/mol. The second-order valence-corrected chi connectivity index (χ2v) is 8.02. The molecule has 0 spiro atoms. The highest BCUT2D eigenvalue weighted by molar-refractivity contribution is 7.93. The van der Waals surface area contributed by atoms with Crippen molar-refractivity contribution < 1.29 is 22.7 Å². The molecule has 0 bridgehead atoms. The number of aromatic nitrogens is 1. The molecule has 3 aromatic rings. The predicted octanol–water partition coefficient (Wildman–Crippen LogP) is 3.21. The fourth-order valence-corrected chi connectivity index (χ4v) is 4.27. The summed E-state index contributed by atoms with van der Waals surface area (Å²) in [6.45, 7) is 0. The minimum Gasteiger partial charge on any atom is -0.493 e. The second kappa shape index (κ2) is 8.28. The lowest BCUT2D eigenvalue weighted by Crippen LogP contribution is -2.14. The molecule has 3 rings (SSSR count). The molecule has 1 heterocycles. The molecule has 0 atom stereocenters. The minimum atomic E-state index is -3.77. The van der Waals surface area contributed by atoms with Gasteiger partial charge in [-0.25, -0.2) is 13.4 Å². The zero-order valence-corrected chi connectivity index (χ0v) is 16.6. The fourth-order valence-electron chi connectivity index (χ4n) is 2.31. The highest BCUT2D eigenvalue weighted by atomic mass is 32.2. The van der Waals surface area contributed by atoms with E-state index in [4.69, 9.17) is 9.47 Å². The number of rotatable bonds is 7. The van der Waals surface area contributed by atoms with Crippen molar-refractivity contribution in [2.24, 2.45) is 0 Å². The summed E-state index contributed by atoms with van der Waals surface area (Å²) in [5, 5.41) is 4.25. The molecule has 8 nitrogen and oxygen atoms in total. The molecule has 10 heteroatoms. The van der Waals surface area contributed by atoms with Gasteiger partial charge in [-0.1, -0.05) is 18.2 Å². The van der Waals surface area contributed by atoms with Crippen LogP contribution in [-0.2, 0) is 10.0 Å². The molecule has 1 amide bonds. The van der Waals surface area contributed by atoms with Gasteiger partial charge in [0.25, 0.3) is 15.9 Å². The van der Waals surface area contributed by atoms with E-state index in [0.717, 1.165) is 11.3 Å². The van der Waals surface area contributed by atoms with Crippen LogP contribution < -0.4 is 19.5 Å². The fraction of sp³-hybridized carbons (Fsp3) is 0.111. The Morgan fingerprint density at radius 1 is 1.04 bits per heavy atom. The smallest absolute Gasteiger partial charge is 0.275 e. The van der Waals surface area contributed by atoms with Crippen LogP contribution in [0.4, 0.5) is 10.8 Å². The number of anilines is 2. The Kier molecular flexibility index (Phi) is 5.81. The number of benzene rings is 2. The number of thiazole rings is 1. The van der Waals surface area contributed by atoms with E-state index in [-0.39, 0.29) is 15.7 Å². The van der Waals surface area contributed by atoms with E-state index >= 15 is 0 Å². The van der Waals surface area contributed by atoms with Crippen molar-refractivity contribution in [2.45, 2.75) is 4.90 Å². The number of ether oxygens (including phenoxy) is 2. The molecular weight excluding hydrogens is 402 g/mol. The number of methoxy groups -OCH3 is 2. The van der Waals surface area contributed by atoms with Crippen LogP contribution in [0.2, 0.25) is 0 Å². The summed E-state index contributed by atoms with van der Waals surface area (Å²) >= 11 is 1.02. The van der Waals surface area contributed by atoms with Crippen molar-refractivity contribution in [1.29, 1.82) is 0 Å². The first-order valence-electron chi connectivity index (χ1n) is 7.99. The third kappa shape index (κ3) is 4.41. The Morgan fingerprint density at radius 3 is 2.43 bits per heavy atom. The number of nitrogens with one attached hydrogen (secondary N) is 2. The second-order valence-electron chi connectivity index (χ2n) is 5.48. The van der Waals surface area contributed by atoms with E-state index in [1.165, 1.54) is 31.7 Å². The van der Waals surface area contributed by atoms with E-state index in [0.29, 0.717) is 17.2 Å². The van der Waals surface area contributed by atoms with Crippen molar-refractivity contribution in [3.8, 4) is 11.5 Å². The van der Waals surface area contributed by atoms with E-state index in [9.17, 15) is 13.2 Å². The standard InChI is InChI=1S/C18H17N3O5S2/c1-25-15-9-8-12(10-16(15)26-2)19-17(22)14-11-27-18(20-14)21-28(23,24)13-6-4-3-5-7-13/h3-11H,1-2H3,(H,19,22)(H,20,21). The first-order chi connectivity index (χ1) is 13.4. The lowest BCUT2D eigenvalue weighted by atomic mass is 10.2. The topological polar surface area (TPSA) is 107 Å². The molecule has 0 aliphatic rings. The molecule has 146 valence electrons. The van der Waals surface area contributed by atoms with Crippen molar-refractivity contribution >= 4 is 38.1 Å². The molecule has 2 N–H and O–H groups in total. The molecule has 0 radical (unpaired) electrons. The van der Waals surface area contributed by atoms with Crippen LogP contribution in [0.15, 0.2) is 58.8 Å². The van der Waals surface area contributed by atoms with Gasteiger partial charge in [-0.3, -0.25) is 9.52 Å². The van der Waals surface area contributed by atoms with Crippen LogP contribution in [0.5, 0.6) is 11.5 Å². The lowest BCUT2D eigenvalue weighted by Gasteiger charge is -2.10. The Hall–Kier alpha value is -3.11. The lowest BCUT2D eigenvalue weighted by molar-refractivity contribution is 0.102. The van der Waals surface area contributed by atoms with Crippen LogP contribution >= 0.6 is 11.3 Å². The highest BCUT2D eigenvalue weighted by Gasteiger charge is 2.18.